The summed E-state index contributed by atoms with van der Waals surface area (Å²) in [6.45, 7) is 2.59. The molecule has 2 aromatic heterocycles. The van der Waals surface area contributed by atoms with Crippen molar-refractivity contribution in [3.05, 3.63) is 42.2 Å². The number of hydrogen-bond donors (Lipinski definition) is 1. The standard InChI is InChI=1S/C16H12FN3OS2/c1-2-21-10-4-6-12-14(8-10)23-16(19-12)20-15-18-11-5-3-9(17)7-13(11)22-15/h3-8H,2H2,1H3,(H,18,19,20). The number of ether oxygens (including phenoxy) is 1. The number of nitrogens with one attached hydrogen (secondary N) is 1. The third kappa shape index (κ3) is 2.85. The molecule has 0 bridgehead atoms. The monoisotopic (exact) mass is 345 g/mol. The number of hydrogen-bond acceptors (Lipinski definition) is 6. The van der Waals surface area contributed by atoms with Crippen molar-refractivity contribution in [2.45, 2.75) is 6.92 Å². The highest BCUT2D eigenvalue weighted by Crippen LogP contribution is 2.33. The Morgan fingerprint density at radius 1 is 1.00 bits per heavy atom. The Kier molecular flexibility index (Phi) is 3.59. The smallest absolute Gasteiger partial charge is 0.190 e. The first-order valence-corrected chi connectivity index (χ1v) is 8.71. The fraction of sp³-hybridized carbons (Fsp3) is 0.125. The van der Waals surface area contributed by atoms with Gasteiger partial charge in [-0.3, -0.25) is 0 Å². The second-order valence-electron chi connectivity index (χ2n) is 4.84. The van der Waals surface area contributed by atoms with Crippen LogP contribution >= 0.6 is 22.7 Å². The Hall–Kier alpha value is -2.25. The first-order chi connectivity index (χ1) is 11.2. The number of benzene rings is 2. The van der Waals surface area contributed by atoms with Crippen molar-refractivity contribution in [3.8, 4) is 5.75 Å². The van der Waals surface area contributed by atoms with Crippen molar-refractivity contribution in [1.82, 2.24) is 9.97 Å². The second kappa shape index (κ2) is 5.75. The summed E-state index contributed by atoms with van der Waals surface area (Å²) in [5.41, 5.74) is 1.69. The Morgan fingerprint density at radius 3 is 2.35 bits per heavy atom. The van der Waals surface area contributed by atoms with Gasteiger partial charge >= 0.3 is 0 Å². The molecule has 23 heavy (non-hydrogen) atoms. The third-order valence-electron chi connectivity index (χ3n) is 3.24. The van der Waals surface area contributed by atoms with Crippen LogP contribution in [0.2, 0.25) is 0 Å². The van der Waals surface area contributed by atoms with Gasteiger partial charge in [-0.15, -0.1) is 0 Å². The fourth-order valence-electron chi connectivity index (χ4n) is 2.26. The summed E-state index contributed by atoms with van der Waals surface area (Å²) in [5.74, 6) is 0.585. The first-order valence-electron chi connectivity index (χ1n) is 7.08. The van der Waals surface area contributed by atoms with Gasteiger partial charge in [0.25, 0.3) is 0 Å². The molecule has 4 aromatic rings. The van der Waals surface area contributed by atoms with Crippen LogP contribution in [0.15, 0.2) is 36.4 Å². The zero-order valence-electron chi connectivity index (χ0n) is 12.2. The van der Waals surface area contributed by atoms with Crippen molar-refractivity contribution in [2.24, 2.45) is 0 Å². The summed E-state index contributed by atoms with van der Waals surface area (Å²) in [4.78, 5) is 8.99. The van der Waals surface area contributed by atoms with Gasteiger partial charge in [0.15, 0.2) is 10.3 Å². The number of aromatic nitrogens is 2. The van der Waals surface area contributed by atoms with Crippen LogP contribution in [0.1, 0.15) is 6.92 Å². The minimum absolute atomic E-state index is 0.254. The lowest BCUT2D eigenvalue weighted by Gasteiger charge is -2.00. The van der Waals surface area contributed by atoms with Gasteiger partial charge in [-0.25, -0.2) is 14.4 Å². The highest BCUT2D eigenvalue weighted by molar-refractivity contribution is 7.24. The number of halogens is 1. The molecule has 4 nitrogen and oxygen atoms in total. The minimum atomic E-state index is -0.254. The van der Waals surface area contributed by atoms with E-state index in [-0.39, 0.29) is 5.82 Å². The highest BCUT2D eigenvalue weighted by Gasteiger charge is 2.09. The fourth-order valence-corrected chi connectivity index (χ4v) is 4.11. The maximum absolute atomic E-state index is 13.2. The average molecular weight is 345 g/mol. The van der Waals surface area contributed by atoms with E-state index in [9.17, 15) is 4.39 Å². The van der Waals surface area contributed by atoms with Gasteiger partial charge in [-0.1, -0.05) is 22.7 Å². The van der Waals surface area contributed by atoms with Crippen LogP contribution < -0.4 is 10.1 Å². The van der Waals surface area contributed by atoms with Crippen LogP contribution in [0.25, 0.3) is 20.4 Å². The molecule has 7 heteroatoms. The zero-order chi connectivity index (χ0) is 15.8. The van der Waals surface area contributed by atoms with E-state index in [4.69, 9.17) is 4.74 Å². The quantitative estimate of drug-likeness (QED) is 0.553. The molecule has 0 saturated carbocycles. The summed E-state index contributed by atoms with van der Waals surface area (Å²) in [5, 5.41) is 4.67. The van der Waals surface area contributed by atoms with Crippen molar-refractivity contribution in [3.63, 3.8) is 0 Å². The lowest BCUT2D eigenvalue weighted by Crippen LogP contribution is -1.90. The summed E-state index contributed by atoms with van der Waals surface area (Å²) >= 11 is 2.94. The molecular weight excluding hydrogens is 333 g/mol. The minimum Gasteiger partial charge on any atom is -0.494 e. The van der Waals surface area contributed by atoms with E-state index in [1.165, 1.54) is 34.8 Å². The summed E-state index contributed by atoms with van der Waals surface area (Å²) in [7, 11) is 0. The SMILES string of the molecule is CCOc1ccc2nc(Nc3nc4ccc(F)cc4s3)sc2c1. The third-order valence-corrected chi connectivity index (χ3v) is 5.10. The van der Waals surface area contributed by atoms with Gasteiger partial charge in [0, 0.05) is 0 Å². The van der Waals surface area contributed by atoms with E-state index in [1.54, 1.807) is 6.07 Å². The van der Waals surface area contributed by atoms with Gasteiger partial charge in [-0.2, -0.15) is 0 Å². The van der Waals surface area contributed by atoms with Crippen LogP contribution in [0.3, 0.4) is 0 Å². The molecule has 0 atom stereocenters. The molecule has 2 heterocycles. The summed E-state index contributed by atoms with van der Waals surface area (Å²) in [6, 6.07) is 10.4. The predicted molar refractivity (Wildman–Crippen MR) is 93.6 cm³/mol. The first kappa shape index (κ1) is 14.3. The van der Waals surface area contributed by atoms with Gasteiger partial charge < -0.3 is 10.1 Å². The van der Waals surface area contributed by atoms with Crippen LogP contribution in [0.5, 0.6) is 5.75 Å². The number of anilines is 2. The van der Waals surface area contributed by atoms with Gasteiger partial charge in [0.2, 0.25) is 0 Å². The van der Waals surface area contributed by atoms with Gasteiger partial charge in [0.05, 0.1) is 27.0 Å². The van der Waals surface area contributed by atoms with E-state index < -0.39 is 0 Å². The molecule has 0 radical (unpaired) electrons. The summed E-state index contributed by atoms with van der Waals surface area (Å²) in [6.07, 6.45) is 0. The van der Waals surface area contributed by atoms with Crippen molar-refractivity contribution < 1.29 is 9.13 Å². The Bertz CT molecular complexity index is 995. The molecule has 0 saturated heterocycles. The normalized spacial score (nSPS) is 11.2. The van der Waals surface area contributed by atoms with Crippen molar-refractivity contribution in [1.29, 1.82) is 0 Å². The molecular formula is C16H12FN3OS2. The van der Waals surface area contributed by atoms with Crippen LogP contribution in [-0.2, 0) is 0 Å². The van der Waals surface area contributed by atoms with Crippen molar-refractivity contribution >= 4 is 53.4 Å². The lowest BCUT2D eigenvalue weighted by molar-refractivity contribution is 0.341. The topological polar surface area (TPSA) is 47.0 Å². The molecule has 0 fully saturated rings. The molecule has 2 aromatic carbocycles. The van der Waals surface area contributed by atoms with Crippen LogP contribution in [0.4, 0.5) is 14.7 Å². The van der Waals surface area contributed by atoms with E-state index in [2.05, 4.69) is 15.3 Å². The predicted octanol–water partition coefficient (Wildman–Crippen LogP) is 5.19. The Balaban J connectivity index is 1.65. The molecule has 0 unspecified atom stereocenters. The second-order valence-corrected chi connectivity index (χ2v) is 6.90. The molecule has 0 aliphatic carbocycles. The maximum atomic E-state index is 13.2. The molecule has 0 spiro atoms. The van der Waals surface area contributed by atoms with E-state index >= 15 is 0 Å². The number of thiazole rings is 2. The maximum Gasteiger partial charge on any atom is 0.190 e. The Labute approximate surface area is 139 Å². The number of nitrogens with zero attached hydrogens (tertiary/aromatic N) is 2. The molecule has 116 valence electrons. The Morgan fingerprint density at radius 2 is 1.65 bits per heavy atom. The zero-order valence-corrected chi connectivity index (χ0v) is 13.8. The molecule has 0 amide bonds. The van der Waals surface area contributed by atoms with Gasteiger partial charge in [-0.05, 0) is 43.3 Å². The average Bonchev–Trinajstić information content (AvgIpc) is 3.09. The highest BCUT2D eigenvalue weighted by atomic mass is 32.1. The van der Waals surface area contributed by atoms with Crippen LogP contribution in [-0.4, -0.2) is 16.6 Å². The largest absolute Gasteiger partial charge is 0.494 e. The summed E-state index contributed by atoms with van der Waals surface area (Å²) < 4.78 is 20.6. The van der Waals surface area contributed by atoms with Crippen LogP contribution in [0, 0.1) is 5.82 Å². The van der Waals surface area contributed by atoms with E-state index in [0.29, 0.717) is 11.7 Å². The van der Waals surface area contributed by atoms with E-state index in [0.717, 1.165) is 31.3 Å². The molecule has 0 aliphatic rings. The molecule has 1 N–H and O–H groups in total. The van der Waals surface area contributed by atoms with Gasteiger partial charge in [0.1, 0.15) is 11.6 Å². The molecule has 4 rings (SSSR count). The number of fused-ring (bicyclic) bond motifs is 2. The molecule has 0 aliphatic heterocycles. The van der Waals surface area contributed by atoms with Crippen molar-refractivity contribution in [2.75, 3.05) is 11.9 Å². The number of rotatable bonds is 4. The lowest BCUT2D eigenvalue weighted by atomic mass is 10.3. The van der Waals surface area contributed by atoms with E-state index in [1.807, 2.05) is 25.1 Å².